The number of benzene rings is 1. The molecule has 0 aromatic heterocycles. The predicted octanol–water partition coefficient (Wildman–Crippen LogP) is 1.31. The molecule has 0 radical (unpaired) electrons. The first kappa shape index (κ1) is 9.34. The molecule has 0 saturated heterocycles. The molecule has 1 aliphatic heterocycles. The molecule has 3 nitrogen and oxygen atoms in total. The lowest BCUT2D eigenvalue weighted by atomic mass is 10.0. The Labute approximate surface area is 83.7 Å². The highest BCUT2D eigenvalue weighted by molar-refractivity contribution is 5.45. The number of hydrogen-bond donors (Lipinski definition) is 2. The Balaban J connectivity index is 2.20. The Kier molecular flexibility index (Phi) is 2.59. The minimum atomic E-state index is 0.320. The Hall–Kier alpha value is -1.22. The molecule has 0 amide bonds. The van der Waals surface area contributed by atoms with Crippen LogP contribution in [0.25, 0.3) is 0 Å². The molecule has 1 aliphatic rings. The van der Waals surface area contributed by atoms with Gasteiger partial charge in [0.2, 0.25) is 0 Å². The lowest BCUT2D eigenvalue weighted by Gasteiger charge is -2.26. The normalized spacial score (nSPS) is 19.9. The van der Waals surface area contributed by atoms with Gasteiger partial charge >= 0.3 is 0 Å². The van der Waals surface area contributed by atoms with Gasteiger partial charge < -0.3 is 15.2 Å². The van der Waals surface area contributed by atoms with Gasteiger partial charge in [0.1, 0.15) is 18.1 Å². The Morgan fingerprint density at radius 2 is 2.43 bits per heavy atom. The number of nitrogens with one attached hydrogen (secondary N) is 1. The van der Waals surface area contributed by atoms with E-state index in [1.165, 1.54) is 0 Å². The summed E-state index contributed by atoms with van der Waals surface area (Å²) in [5.74, 6) is 1.16. The first-order valence-corrected chi connectivity index (χ1v) is 4.98. The molecule has 1 atom stereocenters. The SMILES string of the molecule is CCNC1COc2cccc(O)c2C1. The number of phenolic OH excluding ortho intramolecular Hbond substituents is 1. The monoisotopic (exact) mass is 193 g/mol. The molecule has 0 fully saturated rings. The van der Waals surface area contributed by atoms with Crippen LogP contribution in [0.1, 0.15) is 12.5 Å². The third-order valence-corrected chi connectivity index (χ3v) is 2.49. The smallest absolute Gasteiger partial charge is 0.126 e. The van der Waals surface area contributed by atoms with Gasteiger partial charge in [-0.15, -0.1) is 0 Å². The molecule has 3 heteroatoms. The number of ether oxygens (including phenoxy) is 1. The van der Waals surface area contributed by atoms with Gasteiger partial charge in [0.25, 0.3) is 0 Å². The van der Waals surface area contributed by atoms with Gasteiger partial charge in [-0.25, -0.2) is 0 Å². The minimum Gasteiger partial charge on any atom is -0.508 e. The van der Waals surface area contributed by atoms with Crippen LogP contribution in [-0.4, -0.2) is 24.3 Å². The molecule has 2 N–H and O–H groups in total. The standard InChI is InChI=1S/C11H15NO2/c1-2-12-8-6-9-10(13)4-3-5-11(9)14-7-8/h3-5,8,12-13H,2,6-7H2,1H3. The molecule has 14 heavy (non-hydrogen) atoms. The number of rotatable bonds is 2. The van der Waals surface area contributed by atoms with Crippen molar-refractivity contribution in [2.24, 2.45) is 0 Å². The van der Waals surface area contributed by atoms with Crippen molar-refractivity contribution >= 4 is 0 Å². The highest BCUT2D eigenvalue weighted by Crippen LogP contribution is 2.31. The van der Waals surface area contributed by atoms with Gasteiger partial charge in [0.05, 0.1) is 0 Å². The van der Waals surface area contributed by atoms with Crippen LogP contribution in [0.3, 0.4) is 0 Å². The fourth-order valence-corrected chi connectivity index (χ4v) is 1.81. The summed E-state index contributed by atoms with van der Waals surface area (Å²) in [5, 5.41) is 13.0. The fraction of sp³-hybridized carbons (Fsp3) is 0.455. The number of likely N-dealkylation sites (N-methyl/N-ethyl adjacent to an activating group) is 1. The third kappa shape index (κ3) is 1.68. The predicted molar refractivity (Wildman–Crippen MR) is 54.8 cm³/mol. The van der Waals surface area contributed by atoms with Gasteiger partial charge in [0, 0.05) is 11.6 Å². The largest absolute Gasteiger partial charge is 0.508 e. The van der Waals surface area contributed by atoms with Gasteiger partial charge in [-0.05, 0) is 25.1 Å². The Bertz CT molecular complexity index is 325. The molecule has 1 aromatic rings. The lowest BCUT2D eigenvalue weighted by Crippen LogP contribution is -2.39. The zero-order valence-electron chi connectivity index (χ0n) is 8.29. The van der Waals surface area contributed by atoms with Crippen LogP contribution in [0, 0.1) is 0 Å². The van der Waals surface area contributed by atoms with Crippen molar-refractivity contribution in [1.82, 2.24) is 5.32 Å². The topological polar surface area (TPSA) is 41.5 Å². The maximum Gasteiger partial charge on any atom is 0.126 e. The molecule has 1 unspecified atom stereocenters. The summed E-state index contributed by atoms with van der Waals surface area (Å²) in [6.07, 6.45) is 0.843. The van der Waals surface area contributed by atoms with Crippen molar-refractivity contribution in [3.63, 3.8) is 0 Å². The van der Waals surface area contributed by atoms with Gasteiger partial charge in [-0.3, -0.25) is 0 Å². The Morgan fingerprint density at radius 1 is 1.57 bits per heavy atom. The molecular formula is C11H15NO2. The van der Waals surface area contributed by atoms with Crippen LogP contribution in [0.4, 0.5) is 0 Å². The summed E-state index contributed by atoms with van der Waals surface area (Å²) >= 11 is 0. The van der Waals surface area contributed by atoms with Gasteiger partial charge in [-0.1, -0.05) is 13.0 Å². The van der Waals surface area contributed by atoms with E-state index in [9.17, 15) is 5.11 Å². The van der Waals surface area contributed by atoms with Gasteiger partial charge in [0.15, 0.2) is 0 Å². The first-order chi connectivity index (χ1) is 6.81. The van der Waals surface area contributed by atoms with Crippen LogP contribution >= 0.6 is 0 Å². The summed E-state index contributed by atoms with van der Waals surface area (Å²) in [7, 11) is 0. The summed E-state index contributed by atoms with van der Waals surface area (Å²) in [6.45, 7) is 3.68. The quantitative estimate of drug-likeness (QED) is 0.744. The van der Waals surface area contributed by atoms with E-state index in [1.807, 2.05) is 12.1 Å². The zero-order valence-corrected chi connectivity index (χ0v) is 8.29. The molecule has 0 saturated carbocycles. The first-order valence-electron chi connectivity index (χ1n) is 4.98. The fourth-order valence-electron chi connectivity index (χ4n) is 1.81. The van der Waals surface area contributed by atoms with Crippen molar-refractivity contribution in [3.05, 3.63) is 23.8 Å². The highest BCUT2D eigenvalue weighted by Gasteiger charge is 2.21. The number of fused-ring (bicyclic) bond motifs is 1. The van der Waals surface area contributed by atoms with Crippen LogP contribution < -0.4 is 10.1 Å². The van der Waals surface area contributed by atoms with Crippen molar-refractivity contribution < 1.29 is 9.84 Å². The van der Waals surface area contributed by atoms with Crippen molar-refractivity contribution in [2.45, 2.75) is 19.4 Å². The lowest BCUT2D eigenvalue weighted by molar-refractivity contribution is 0.237. The van der Waals surface area contributed by atoms with Crippen LogP contribution in [0.5, 0.6) is 11.5 Å². The van der Waals surface area contributed by atoms with E-state index in [0.717, 1.165) is 24.3 Å². The van der Waals surface area contributed by atoms with E-state index in [0.29, 0.717) is 18.4 Å². The molecule has 0 spiro atoms. The van der Waals surface area contributed by atoms with Crippen molar-refractivity contribution in [1.29, 1.82) is 0 Å². The third-order valence-electron chi connectivity index (χ3n) is 2.49. The molecule has 76 valence electrons. The summed E-state index contributed by atoms with van der Waals surface area (Å²) < 4.78 is 5.55. The summed E-state index contributed by atoms with van der Waals surface area (Å²) in [5.41, 5.74) is 0.921. The summed E-state index contributed by atoms with van der Waals surface area (Å²) in [4.78, 5) is 0. The average Bonchev–Trinajstić information content (AvgIpc) is 2.20. The maximum atomic E-state index is 9.63. The number of aromatic hydroxyl groups is 1. The molecule has 2 rings (SSSR count). The van der Waals surface area contributed by atoms with Crippen LogP contribution in [0.15, 0.2) is 18.2 Å². The van der Waals surface area contributed by atoms with E-state index in [2.05, 4.69) is 12.2 Å². The molecule has 0 aliphatic carbocycles. The van der Waals surface area contributed by atoms with E-state index in [1.54, 1.807) is 6.07 Å². The average molecular weight is 193 g/mol. The maximum absolute atomic E-state index is 9.63. The van der Waals surface area contributed by atoms with Crippen LogP contribution in [-0.2, 0) is 6.42 Å². The van der Waals surface area contributed by atoms with E-state index >= 15 is 0 Å². The second kappa shape index (κ2) is 3.88. The second-order valence-corrected chi connectivity index (χ2v) is 3.52. The number of hydrogen-bond acceptors (Lipinski definition) is 3. The van der Waals surface area contributed by atoms with Gasteiger partial charge in [-0.2, -0.15) is 0 Å². The highest BCUT2D eigenvalue weighted by atomic mass is 16.5. The number of phenols is 1. The molecule has 1 aromatic carbocycles. The van der Waals surface area contributed by atoms with Crippen molar-refractivity contribution in [2.75, 3.05) is 13.2 Å². The molecule has 1 heterocycles. The molecular weight excluding hydrogens is 178 g/mol. The molecule has 0 bridgehead atoms. The van der Waals surface area contributed by atoms with Crippen molar-refractivity contribution in [3.8, 4) is 11.5 Å². The van der Waals surface area contributed by atoms with E-state index < -0.39 is 0 Å². The van der Waals surface area contributed by atoms with Crippen LogP contribution in [0.2, 0.25) is 0 Å². The second-order valence-electron chi connectivity index (χ2n) is 3.52. The Morgan fingerprint density at radius 3 is 3.21 bits per heavy atom. The zero-order chi connectivity index (χ0) is 9.97. The van der Waals surface area contributed by atoms with E-state index in [4.69, 9.17) is 4.74 Å². The van der Waals surface area contributed by atoms with E-state index in [-0.39, 0.29) is 0 Å². The minimum absolute atomic E-state index is 0.320. The summed E-state index contributed by atoms with van der Waals surface area (Å²) in [6, 6.07) is 5.73.